The third-order valence-electron chi connectivity index (χ3n) is 2.26. The number of hydrogen-bond acceptors (Lipinski definition) is 3. The fraction of sp³-hybridized carbons (Fsp3) is 0.0769. The Morgan fingerprint density at radius 2 is 2.00 bits per heavy atom. The summed E-state index contributed by atoms with van der Waals surface area (Å²) in [5.41, 5.74) is 0.845. The standard InChI is InChI=1S/C13H10F2N2O2/c14-11-6-10(7-16-12(11)15)17-13(18)19-8-9-4-2-1-3-5-9/h1-7H,8H2,(H,17,18). The van der Waals surface area contributed by atoms with Crippen molar-refractivity contribution < 1.29 is 18.3 Å². The van der Waals surface area contributed by atoms with E-state index < -0.39 is 17.9 Å². The summed E-state index contributed by atoms with van der Waals surface area (Å²) in [5.74, 6) is -2.36. The lowest BCUT2D eigenvalue weighted by molar-refractivity contribution is 0.155. The fourth-order valence-electron chi connectivity index (χ4n) is 1.37. The van der Waals surface area contributed by atoms with Gasteiger partial charge in [0.15, 0.2) is 5.82 Å². The molecule has 0 fully saturated rings. The monoisotopic (exact) mass is 264 g/mol. The van der Waals surface area contributed by atoms with Gasteiger partial charge >= 0.3 is 6.09 Å². The molecule has 0 aliphatic rings. The summed E-state index contributed by atoms with van der Waals surface area (Å²) in [6.45, 7) is 0.0871. The number of carbonyl (C=O) groups excluding carboxylic acids is 1. The molecule has 0 spiro atoms. The van der Waals surface area contributed by atoms with Gasteiger partial charge in [0.25, 0.3) is 0 Å². The first-order chi connectivity index (χ1) is 9.15. The molecule has 6 heteroatoms. The number of nitrogens with one attached hydrogen (secondary N) is 1. The Labute approximate surface area is 108 Å². The second-order valence-corrected chi connectivity index (χ2v) is 3.68. The summed E-state index contributed by atoms with van der Waals surface area (Å²) in [6.07, 6.45) is 0.235. The van der Waals surface area contributed by atoms with Gasteiger partial charge in [-0.05, 0) is 5.56 Å². The number of benzene rings is 1. The van der Waals surface area contributed by atoms with Crippen molar-refractivity contribution in [3.63, 3.8) is 0 Å². The normalized spacial score (nSPS) is 10.0. The minimum absolute atomic E-state index is 0.0250. The number of nitrogens with zero attached hydrogens (tertiary/aromatic N) is 1. The lowest BCUT2D eigenvalue weighted by Gasteiger charge is -2.06. The highest BCUT2D eigenvalue weighted by molar-refractivity contribution is 5.84. The third kappa shape index (κ3) is 3.74. The maximum Gasteiger partial charge on any atom is 0.412 e. The Balaban J connectivity index is 1.89. The predicted octanol–water partition coefficient (Wildman–Crippen LogP) is 3.11. The molecule has 0 radical (unpaired) electrons. The van der Waals surface area contributed by atoms with Crippen LogP contribution in [0.5, 0.6) is 0 Å². The highest BCUT2D eigenvalue weighted by Crippen LogP contribution is 2.11. The Bertz CT molecular complexity index is 576. The van der Waals surface area contributed by atoms with Crippen LogP contribution in [0, 0.1) is 11.8 Å². The molecule has 1 amide bonds. The van der Waals surface area contributed by atoms with Gasteiger partial charge in [0.1, 0.15) is 6.61 Å². The van der Waals surface area contributed by atoms with Crippen LogP contribution in [0.4, 0.5) is 19.3 Å². The summed E-state index contributed by atoms with van der Waals surface area (Å²) in [4.78, 5) is 14.5. The van der Waals surface area contributed by atoms with Gasteiger partial charge in [0, 0.05) is 6.07 Å². The largest absolute Gasteiger partial charge is 0.444 e. The molecule has 1 N–H and O–H groups in total. The minimum Gasteiger partial charge on any atom is -0.444 e. The van der Waals surface area contributed by atoms with Gasteiger partial charge < -0.3 is 4.74 Å². The van der Waals surface area contributed by atoms with E-state index in [1.165, 1.54) is 0 Å². The van der Waals surface area contributed by atoms with Crippen molar-refractivity contribution in [2.75, 3.05) is 5.32 Å². The molecule has 1 aromatic carbocycles. The zero-order valence-corrected chi connectivity index (χ0v) is 9.77. The van der Waals surface area contributed by atoms with E-state index in [-0.39, 0.29) is 12.3 Å². The summed E-state index contributed by atoms with van der Waals surface area (Å²) in [7, 11) is 0. The maximum absolute atomic E-state index is 12.9. The second-order valence-electron chi connectivity index (χ2n) is 3.68. The van der Waals surface area contributed by atoms with E-state index >= 15 is 0 Å². The summed E-state index contributed by atoms with van der Waals surface area (Å²) in [6, 6.07) is 9.90. The molecular formula is C13H10F2N2O2. The Kier molecular flexibility index (Phi) is 4.02. The van der Waals surface area contributed by atoms with Crippen molar-refractivity contribution in [3.05, 3.63) is 59.9 Å². The molecule has 0 unspecified atom stereocenters. The van der Waals surface area contributed by atoms with Crippen LogP contribution in [0.25, 0.3) is 0 Å². The van der Waals surface area contributed by atoms with Crippen LogP contribution < -0.4 is 5.32 Å². The quantitative estimate of drug-likeness (QED) is 0.866. The molecule has 4 nitrogen and oxygen atoms in total. The van der Waals surface area contributed by atoms with Crippen LogP contribution >= 0.6 is 0 Å². The molecule has 19 heavy (non-hydrogen) atoms. The minimum atomic E-state index is -1.22. The van der Waals surface area contributed by atoms with E-state index in [2.05, 4.69) is 10.3 Å². The lowest BCUT2D eigenvalue weighted by atomic mass is 10.2. The molecule has 1 aromatic heterocycles. The molecule has 0 bridgehead atoms. The first-order valence-corrected chi connectivity index (χ1v) is 5.44. The molecule has 0 saturated carbocycles. The third-order valence-corrected chi connectivity index (χ3v) is 2.26. The van der Waals surface area contributed by atoms with Gasteiger partial charge in [-0.25, -0.2) is 14.2 Å². The predicted molar refractivity (Wildman–Crippen MR) is 64.4 cm³/mol. The smallest absolute Gasteiger partial charge is 0.412 e. The topological polar surface area (TPSA) is 51.2 Å². The van der Waals surface area contributed by atoms with E-state index in [1.54, 1.807) is 12.1 Å². The van der Waals surface area contributed by atoms with Crippen LogP contribution in [-0.2, 0) is 11.3 Å². The van der Waals surface area contributed by atoms with Crippen LogP contribution in [0.3, 0.4) is 0 Å². The van der Waals surface area contributed by atoms with E-state index in [1.807, 2.05) is 18.2 Å². The van der Waals surface area contributed by atoms with E-state index in [9.17, 15) is 13.6 Å². The number of hydrogen-bond donors (Lipinski definition) is 1. The van der Waals surface area contributed by atoms with Gasteiger partial charge in [0.2, 0.25) is 5.95 Å². The number of anilines is 1. The Hall–Kier alpha value is -2.50. The number of aromatic nitrogens is 1. The second kappa shape index (κ2) is 5.90. The van der Waals surface area contributed by atoms with E-state index in [4.69, 9.17) is 4.74 Å². The average Bonchev–Trinajstić information content (AvgIpc) is 2.42. The highest BCUT2D eigenvalue weighted by Gasteiger charge is 2.08. The number of ether oxygens (including phenoxy) is 1. The first kappa shape index (κ1) is 12.9. The molecule has 2 aromatic rings. The van der Waals surface area contributed by atoms with Crippen molar-refractivity contribution >= 4 is 11.8 Å². The molecule has 0 saturated heterocycles. The van der Waals surface area contributed by atoms with Crippen molar-refractivity contribution in [1.29, 1.82) is 0 Å². The van der Waals surface area contributed by atoms with Gasteiger partial charge in [-0.3, -0.25) is 5.32 Å². The van der Waals surface area contributed by atoms with Crippen molar-refractivity contribution in [2.45, 2.75) is 6.61 Å². The SMILES string of the molecule is O=C(Nc1cnc(F)c(F)c1)OCc1ccccc1. The number of carbonyl (C=O) groups is 1. The van der Waals surface area contributed by atoms with Crippen LogP contribution in [0.2, 0.25) is 0 Å². The maximum atomic E-state index is 12.9. The zero-order valence-electron chi connectivity index (χ0n) is 9.77. The van der Waals surface area contributed by atoms with Crippen LogP contribution in [0.1, 0.15) is 5.56 Å². The molecule has 98 valence electrons. The fourth-order valence-corrected chi connectivity index (χ4v) is 1.37. The summed E-state index contributed by atoms with van der Waals surface area (Å²) < 4.78 is 30.3. The van der Waals surface area contributed by atoms with Crippen molar-refractivity contribution in [2.24, 2.45) is 0 Å². The van der Waals surface area contributed by atoms with Crippen molar-refractivity contribution in [3.8, 4) is 0 Å². The number of amides is 1. The summed E-state index contributed by atoms with van der Waals surface area (Å²) in [5, 5.41) is 2.25. The Morgan fingerprint density at radius 3 is 2.68 bits per heavy atom. The van der Waals surface area contributed by atoms with Crippen LogP contribution in [-0.4, -0.2) is 11.1 Å². The number of rotatable bonds is 3. The average molecular weight is 264 g/mol. The number of pyridine rings is 1. The Morgan fingerprint density at radius 1 is 1.26 bits per heavy atom. The zero-order chi connectivity index (χ0) is 13.7. The molecule has 0 atom stereocenters. The molecule has 2 rings (SSSR count). The highest BCUT2D eigenvalue weighted by atomic mass is 19.2. The van der Waals surface area contributed by atoms with Crippen molar-refractivity contribution in [1.82, 2.24) is 4.98 Å². The van der Waals surface area contributed by atoms with Gasteiger partial charge in [-0.2, -0.15) is 4.39 Å². The van der Waals surface area contributed by atoms with E-state index in [0.717, 1.165) is 17.8 Å². The number of halogens is 2. The molecular weight excluding hydrogens is 254 g/mol. The molecule has 0 aliphatic heterocycles. The molecule has 1 heterocycles. The summed E-state index contributed by atoms with van der Waals surface area (Å²) >= 11 is 0. The van der Waals surface area contributed by atoms with E-state index in [0.29, 0.717) is 0 Å². The van der Waals surface area contributed by atoms with Gasteiger partial charge in [-0.1, -0.05) is 30.3 Å². The first-order valence-electron chi connectivity index (χ1n) is 5.44. The van der Waals surface area contributed by atoms with Gasteiger partial charge in [-0.15, -0.1) is 0 Å². The lowest BCUT2D eigenvalue weighted by Crippen LogP contribution is -2.14. The van der Waals surface area contributed by atoms with Gasteiger partial charge in [0.05, 0.1) is 11.9 Å². The molecule has 0 aliphatic carbocycles. The van der Waals surface area contributed by atoms with Crippen LogP contribution in [0.15, 0.2) is 42.6 Å².